The number of aliphatic hydroxyl groups is 1. The number of benzene rings is 2. The molecular formula is C21H26FNO3. The molecule has 0 aromatic heterocycles. The van der Waals surface area contributed by atoms with E-state index in [2.05, 4.69) is 5.32 Å². The number of aliphatic hydroxyl groups excluding tert-OH is 1. The summed E-state index contributed by atoms with van der Waals surface area (Å²) in [4.78, 5) is 12.8. The number of Topliss-reactive ketones (excluding diaryl/α,β-unsaturated/α-hetero) is 1. The zero-order valence-corrected chi connectivity index (χ0v) is 15.0. The third-order valence-electron chi connectivity index (χ3n) is 3.98. The third-order valence-corrected chi connectivity index (χ3v) is 3.98. The van der Waals surface area contributed by atoms with Crippen LogP contribution in [-0.2, 0) is 11.2 Å². The van der Waals surface area contributed by atoms with Gasteiger partial charge in [-0.1, -0.05) is 49.4 Å². The van der Waals surface area contributed by atoms with E-state index in [1.165, 1.54) is 12.1 Å². The van der Waals surface area contributed by atoms with Crippen LogP contribution < -0.4 is 5.32 Å². The molecule has 0 aliphatic heterocycles. The van der Waals surface area contributed by atoms with Gasteiger partial charge in [0.05, 0.1) is 12.7 Å². The smallest absolute Gasteiger partial charge is 0.191 e. The summed E-state index contributed by atoms with van der Waals surface area (Å²) >= 11 is 0. The van der Waals surface area contributed by atoms with Crippen molar-refractivity contribution < 1.29 is 19.0 Å². The quantitative estimate of drug-likeness (QED) is 0.478. The SMILES string of the molecule is CCCNCC(O)COC(Cc1ccc(F)cc1)C(=O)c1ccccc1. The molecular weight excluding hydrogens is 333 g/mol. The number of carbonyl (C=O) groups excluding carboxylic acids is 1. The highest BCUT2D eigenvalue weighted by atomic mass is 19.1. The van der Waals surface area contributed by atoms with E-state index >= 15 is 0 Å². The molecule has 0 amide bonds. The molecule has 0 heterocycles. The zero-order valence-electron chi connectivity index (χ0n) is 15.0. The Morgan fingerprint density at radius 3 is 2.50 bits per heavy atom. The van der Waals surface area contributed by atoms with Crippen LogP contribution in [0.1, 0.15) is 29.3 Å². The fraction of sp³-hybridized carbons (Fsp3) is 0.381. The fourth-order valence-electron chi connectivity index (χ4n) is 2.58. The minimum absolute atomic E-state index is 0.0567. The van der Waals surface area contributed by atoms with Gasteiger partial charge in [-0.3, -0.25) is 4.79 Å². The van der Waals surface area contributed by atoms with Crippen LogP contribution >= 0.6 is 0 Å². The van der Waals surface area contributed by atoms with Gasteiger partial charge in [-0.15, -0.1) is 0 Å². The van der Waals surface area contributed by atoms with E-state index in [-0.39, 0.29) is 18.2 Å². The maximum Gasteiger partial charge on any atom is 0.191 e. The minimum atomic E-state index is -0.733. The summed E-state index contributed by atoms with van der Waals surface area (Å²) in [5.41, 5.74) is 1.36. The van der Waals surface area contributed by atoms with E-state index in [0.717, 1.165) is 18.5 Å². The maximum absolute atomic E-state index is 13.1. The molecule has 0 spiro atoms. The molecule has 26 heavy (non-hydrogen) atoms. The van der Waals surface area contributed by atoms with E-state index in [1.807, 2.05) is 13.0 Å². The minimum Gasteiger partial charge on any atom is -0.389 e. The monoisotopic (exact) mass is 359 g/mol. The van der Waals surface area contributed by atoms with Crippen molar-refractivity contribution in [2.45, 2.75) is 32.0 Å². The van der Waals surface area contributed by atoms with E-state index < -0.39 is 12.2 Å². The Kier molecular flexibility index (Phi) is 8.41. The Morgan fingerprint density at radius 1 is 1.15 bits per heavy atom. The summed E-state index contributed by atoms with van der Waals surface area (Å²) in [5, 5.41) is 13.1. The average molecular weight is 359 g/mol. The number of hydrogen-bond acceptors (Lipinski definition) is 4. The molecule has 0 aliphatic carbocycles. The van der Waals surface area contributed by atoms with E-state index in [0.29, 0.717) is 18.5 Å². The highest BCUT2D eigenvalue weighted by Gasteiger charge is 2.22. The first-order valence-electron chi connectivity index (χ1n) is 8.94. The second kappa shape index (κ2) is 10.8. The van der Waals surface area contributed by atoms with Crippen LogP contribution in [0.2, 0.25) is 0 Å². The predicted molar refractivity (Wildman–Crippen MR) is 99.8 cm³/mol. The van der Waals surface area contributed by atoms with Gasteiger partial charge in [0.25, 0.3) is 0 Å². The van der Waals surface area contributed by atoms with Crippen molar-refractivity contribution in [2.75, 3.05) is 19.7 Å². The lowest BCUT2D eigenvalue weighted by Gasteiger charge is -2.20. The molecule has 0 saturated heterocycles. The van der Waals surface area contributed by atoms with E-state index in [4.69, 9.17) is 4.74 Å². The van der Waals surface area contributed by atoms with Gasteiger partial charge in [-0.25, -0.2) is 4.39 Å². The Balaban J connectivity index is 2.03. The molecule has 140 valence electrons. The van der Waals surface area contributed by atoms with Crippen LogP contribution in [0.4, 0.5) is 4.39 Å². The second-order valence-electron chi connectivity index (χ2n) is 6.24. The normalized spacial score (nSPS) is 13.3. The van der Waals surface area contributed by atoms with Gasteiger partial charge in [0, 0.05) is 18.5 Å². The van der Waals surface area contributed by atoms with E-state index in [9.17, 15) is 14.3 Å². The van der Waals surface area contributed by atoms with Crippen LogP contribution in [-0.4, -0.2) is 42.8 Å². The number of halogens is 1. The lowest BCUT2D eigenvalue weighted by molar-refractivity contribution is -0.00162. The Bertz CT molecular complexity index is 661. The topological polar surface area (TPSA) is 58.6 Å². The summed E-state index contributed by atoms with van der Waals surface area (Å²) in [7, 11) is 0. The number of carbonyl (C=O) groups is 1. The largest absolute Gasteiger partial charge is 0.389 e. The molecule has 0 fully saturated rings. The second-order valence-corrected chi connectivity index (χ2v) is 6.24. The van der Waals surface area contributed by atoms with Crippen LogP contribution in [0.3, 0.4) is 0 Å². The van der Waals surface area contributed by atoms with Crippen molar-refractivity contribution in [2.24, 2.45) is 0 Å². The molecule has 2 N–H and O–H groups in total. The van der Waals surface area contributed by atoms with Crippen LogP contribution in [0, 0.1) is 5.82 Å². The molecule has 4 nitrogen and oxygen atoms in total. The standard InChI is InChI=1S/C21H26FNO3/c1-2-12-23-14-19(24)15-26-20(13-16-8-10-18(22)11-9-16)21(25)17-6-4-3-5-7-17/h3-11,19-20,23-24H,2,12-15H2,1H3. The zero-order chi connectivity index (χ0) is 18.8. The van der Waals surface area contributed by atoms with Gasteiger partial charge in [-0.05, 0) is 30.7 Å². The summed E-state index contributed by atoms with van der Waals surface area (Å²) < 4.78 is 18.9. The average Bonchev–Trinajstić information content (AvgIpc) is 2.67. The summed E-state index contributed by atoms with van der Waals surface area (Å²) in [5.74, 6) is -0.471. The molecule has 0 saturated carbocycles. The molecule has 2 atom stereocenters. The summed E-state index contributed by atoms with van der Waals surface area (Å²) in [6.45, 7) is 3.34. The Morgan fingerprint density at radius 2 is 1.85 bits per heavy atom. The molecule has 0 radical (unpaired) electrons. The Labute approximate surface area is 154 Å². The molecule has 2 aromatic rings. The molecule has 0 bridgehead atoms. The van der Waals surface area contributed by atoms with Gasteiger partial charge >= 0.3 is 0 Å². The molecule has 5 heteroatoms. The maximum atomic E-state index is 13.1. The summed E-state index contributed by atoms with van der Waals surface area (Å²) in [6, 6.07) is 14.9. The fourth-order valence-corrected chi connectivity index (χ4v) is 2.58. The molecule has 0 aliphatic rings. The van der Waals surface area contributed by atoms with Crippen LogP contribution in [0.5, 0.6) is 0 Å². The molecule has 2 rings (SSSR count). The highest BCUT2D eigenvalue weighted by molar-refractivity contribution is 5.99. The highest BCUT2D eigenvalue weighted by Crippen LogP contribution is 2.13. The van der Waals surface area contributed by atoms with Crippen molar-refractivity contribution in [3.63, 3.8) is 0 Å². The van der Waals surface area contributed by atoms with Crippen molar-refractivity contribution >= 4 is 5.78 Å². The first-order chi connectivity index (χ1) is 12.6. The van der Waals surface area contributed by atoms with Crippen molar-refractivity contribution in [1.29, 1.82) is 0 Å². The van der Waals surface area contributed by atoms with Crippen LogP contribution in [0.15, 0.2) is 54.6 Å². The van der Waals surface area contributed by atoms with Gasteiger partial charge in [-0.2, -0.15) is 0 Å². The van der Waals surface area contributed by atoms with Gasteiger partial charge in [0.15, 0.2) is 5.78 Å². The number of hydrogen-bond donors (Lipinski definition) is 2. The van der Waals surface area contributed by atoms with Crippen molar-refractivity contribution in [3.05, 3.63) is 71.5 Å². The predicted octanol–water partition coefficient (Wildman–Crippen LogP) is 3.00. The van der Waals surface area contributed by atoms with Crippen molar-refractivity contribution in [1.82, 2.24) is 5.32 Å². The number of ether oxygens (including phenoxy) is 1. The lowest BCUT2D eigenvalue weighted by Crippen LogP contribution is -2.35. The summed E-state index contributed by atoms with van der Waals surface area (Å²) in [6.07, 6.45) is -0.124. The number of nitrogens with one attached hydrogen (secondary N) is 1. The first-order valence-corrected chi connectivity index (χ1v) is 8.94. The van der Waals surface area contributed by atoms with Gasteiger partial charge in [0.1, 0.15) is 11.9 Å². The van der Waals surface area contributed by atoms with Gasteiger partial charge < -0.3 is 15.2 Å². The number of ketones is 1. The van der Waals surface area contributed by atoms with Crippen molar-refractivity contribution in [3.8, 4) is 0 Å². The third kappa shape index (κ3) is 6.67. The number of rotatable bonds is 11. The van der Waals surface area contributed by atoms with E-state index in [1.54, 1.807) is 36.4 Å². The van der Waals surface area contributed by atoms with Gasteiger partial charge in [0.2, 0.25) is 0 Å². The molecule has 2 aromatic carbocycles. The molecule has 2 unspecified atom stereocenters. The lowest BCUT2D eigenvalue weighted by atomic mass is 10.00. The van der Waals surface area contributed by atoms with Crippen LogP contribution in [0.25, 0.3) is 0 Å². The first kappa shape index (κ1) is 20.2. The Hall–Kier alpha value is -2.08.